The van der Waals surface area contributed by atoms with E-state index in [0.717, 1.165) is 32.5 Å². The largest absolute Gasteiger partial charge is 0.381 e. The molecule has 0 aromatic rings. The zero-order chi connectivity index (χ0) is 17.2. The smallest absolute Gasteiger partial charge is 0.160 e. The highest BCUT2D eigenvalue weighted by molar-refractivity contribution is 4.91. The summed E-state index contributed by atoms with van der Waals surface area (Å²) < 4.78 is 11.9. The van der Waals surface area contributed by atoms with Crippen molar-refractivity contribution in [1.82, 2.24) is 0 Å². The molecule has 0 aromatic carbocycles. The first-order valence-electron chi connectivity index (χ1n) is 8.87. The van der Waals surface area contributed by atoms with E-state index in [2.05, 4.69) is 55.4 Å². The van der Waals surface area contributed by atoms with E-state index in [-0.39, 0.29) is 16.4 Å². The highest BCUT2D eigenvalue weighted by Crippen LogP contribution is 2.45. The molecule has 0 aromatic heterocycles. The van der Waals surface area contributed by atoms with Gasteiger partial charge >= 0.3 is 0 Å². The van der Waals surface area contributed by atoms with E-state index < -0.39 is 6.29 Å². The lowest BCUT2D eigenvalue weighted by atomic mass is 9.68. The molecule has 1 rings (SSSR count). The fourth-order valence-electron chi connectivity index (χ4n) is 3.62. The highest BCUT2D eigenvalue weighted by Gasteiger charge is 2.46. The van der Waals surface area contributed by atoms with Gasteiger partial charge in [0.05, 0.1) is 5.60 Å². The first-order valence-corrected chi connectivity index (χ1v) is 8.87. The second kappa shape index (κ2) is 7.19. The third-order valence-electron chi connectivity index (χ3n) is 5.53. The summed E-state index contributed by atoms with van der Waals surface area (Å²) in [4.78, 5) is 0. The minimum absolute atomic E-state index is 0.157. The van der Waals surface area contributed by atoms with Crippen LogP contribution < -0.4 is 0 Å². The molecule has 22 heavy (non-hydrogen) atoms. The van der Waals surface area contributed by atoms with Gasteiger partial charge in [-0.2, -0.15) is 0 Å². The van der Waals surface area contributed by atoms with Gasteiger partial charge in [0.25, 0.3) is 0 Å². The molecule has 0 aliphatic carbocycles. The molecule has 3 nitrogen and oxygen atoms in total. The van der Waals surface area contributed by atoms with Crippen LogP contribution in [0.3, 0.4) is 0 Å². The third-order valence-corrected chi connectivity index (χ3v) is 5.53. The monoisotopic (exact) mass is 314 g/mol. The highest BCUT2D eigenvalue weighted by atomic mass is 16.6. The van der Waals surface area contributed by atoms with Crippen LogP contribution in [-0.2, 0) is 9.47 Å². The number of aliphatic hydroxyl groups excluding tert-OH is 1. The van der Waals surface area contributed by atoms with E-state index in [0.29, 0.717) is 11.8 Å². The second-order valence-corrected chi connectivity index (χ2v) is 9.20. The average Bonchev–Trinajstić information content (AvgIpc) is 2.37. The van der Waals surface area contributed by atoms with Gasteiger partial charge in [-0.15, -0.1) is 0 Å². The Kier molecular flexibility index (Phi) is 6.51. The van der Waals surface area contributed by atoms with Crippen molar-refractivity contribution in [2.24, 2.45) is 22.7 Å². The molecule has 1 aliphatic rings. The molecule has 0 spiro atoms. The molecule has 1 heterocycles. The molecule has 1 aliphatic heterocycles. The van der Waals surface area contributed by atoms with E-state index in [1.165, 1.54) is 0 Å². The summed E-state index contributed by atoms with van der Waals surface area (Å²) in [6, 6.07) is 0. The van der Waals surface area contributed by atoms with Crippen molar-refractivity contribution in [2.45, 2.75) is 86.5 Å². The van der Waals surface area contributed by atoms with Crippen LogP contribution in [0.2, 0.25) is 0 Å². The van der Waals surface area contributed by atoms with E-state index >= 15 is 0 Å². The number of aliphatic hydroxyl groups is 1. The van der Waals surface area contributed by atoms with Crippen molar-refractivity contribution in [2.75, 3.05) is 13.2 Å². The summed E-state index contributed by atoms with van der Waals surface area (Å²) in [5.74, 6) is 0.725. The van der Waals surface area contributed by atoms with Crippen molar-refractivity contribution in [1.29, 1.82) is 0 Å². The van der Waals surface area contributed by atoms with Crippen molar-refractivity contribution >= 4 is 0 Å². The van der Waals surface area contributed by atoms with Gasteiger partial charge in [-0.25, -0.2) is 0 Å². The van der Waals surface area contributed by atoms with Crippen molar-refractivity contribution in [3.63, 3.8) is 0 Å². The van der Waals surface area contributed by atoms with Crippen LogP contribution in [0.15, 0.2) is 0 Å². The van der Waals surface area contributed by atoms with Gasteiger partial charge in [-0.05, 0) is 23.7 Å². The molecule has 0 saturated carbocycles. The van der Waals surface area contributed by atoms with E-state index in [1.54, 1.807) is 0 Å². The maximum atomic E-state index is 11.0. The molecule has 0 amide bonds. The topological polar surface area (TPSA) is 38.7 Å². The maximum absolute atomic E-state index is 11.0. The first-order chi connectivity index (χ1) is 9.93. The predicted octanol–water partition coefficient (Wildman–Crippen LogP) is 4.63. The van der Waals surface area contributed by atoms with Gasteiger partial charge < -0.3 is 14.6 Å². The van der Waals surface area contributed by atoms with Crippen LogP contribution in [0.5, 0.6) is 0 Å². The molecular formula is C19H38O3. The summed E-state index contributed by atoms with van der Waals surface area (Å²) in [6.45, 7) is 19.1. The van der Waals surface area contributed by atoms with Gasteiger partial charge in [-0.1, -0.05) is 55.4 Å². The molecule has 0 radical (unpaired) electrons. The Bertz CT molecular complexity index is 337. The Morgan fingerprint density at radius 1 is 1.05 bits per heavy atom. The van der Waals surface area contributed by atoms with Crippen molar-refractivity contribution in [3.8, 4) is 0 Å². The molecule has 2 atom stereocenters. The molecule has 1 fully saturated rings. The van der Waals surface area contributed by atoms with Crippen molar-refractivity contribution < 1.29 is 14.6 Å². The molecule has 0 bridgehead atoms. The lowest BCUT2D eigenvalue weighted by Gasteiger charge is -2.48. The standard InChI is InChI=1S/C19H38O3/c1-14(2)18(8,13-17(5,6)7)16(20)22-19(15(3)4)9-11-21-12-10-19/h14-16,20H,9-13H2,1-8H3. The number of ether oxygens (including phenoxy) is 2. The predicted molar refractivity (Wildman–Crippen MR) is 91.7 cm³/mol. The zero-order valence-electron chi connectivity index (χ0n) is 16.0. The van der Waals surface area contributed by atoms with Gasteiger partial charge in [-0.3, -0.25) is 0 Å². The Morgan fingerprint density at radius 3 is 1.91 bits per heavy atom. The molecule has 1 saturated heterocycles. The Hall–Kier alpha value is -0.120. The van der Waals surface area contributed by atoms with Crippen LogP contribution in [0.1, 0.15) is 74.7 Å². The van der Waals surface area contributed by atoms with Crippen LogP contribution in [-0.4, -0.2) is 30.2 Å². The van der Waals surface area contributed by atoms with Crippen LogP contribution in [0.25, 0.3) is 0 Å². The summed E-state index contributed by atoms with van der Waals surface area (Å²) >= 11 is 0. The van der Waals surface area contributed by atoms with E-state index in [9.17, 15) is 5.11 Å². The lowest BCUT2D eigenvalue weighted by Crippen LogP contribution is -2.51. The number of hydrogen-bond donors (Lipinski definition) is 1. The van der Waals surface area contributed by atoms with E-state index in [4.69, 9.17) is 9.47 Å². The van der Waals surface area contributed by atoms with Gasteiger partial charge in [0, 0.05) is 31.5 Å². The Morgan fingerprint density at radius 2 is 1.55 bits per heavy atom. The quantitative estimate of drug-likeness (QED) is 0.727. The fourth-order valence-corrected chi connectivity index (χ4v) is 3.62. The maximum Gasteiger partial charge on any atom is 0.160 e. The summed E-state index contributed by atoms with van der Waals surface area (Å²) in [6.07, 6.45) is 1.92. The molecular weight excluding hydrogens is 276 g/mol. The zero-order valence-corrected chi connectivity index (χ0v) is 16.0. The van der Waals surface area contributed by atoms with Crippen LogP contribution in [0, 0.1) is 22.7 Å². The first kappa shape index (κ1) is 19.9. The minimum Gasteiger partial charge on any atom is -0.381 e. The Labute approximate surface area is 137 Å². The Balaban J connectivity index is 2.96. The fraction of sp³-hybridized carbons (Fsp3) is 1.00. The lowest BCUT2D eigenvalue weighted by molar-refractivity contribution is -0.276. The summed E-state index contributed by atoms with van der Waals surface area (Å²) in [7, 11) is 0. The number of hydrogen-bond acceptors (Lipinski definition) is 3. The summed E-state index contributed by atoms with van der Waals surface area (Å²) in [5.41, 5.74) is -0.353. The third kappa shape index (κ3) is 4.69. The van der Waals surface area contributed by atoms with Crippen LogP contribution >= 0.6 is 0 Å². The summed E-state index contributed by atoms with van der Waals surface area (Å²) in [5, 5.41) is 11.0. The normalized spacial score (nSPS) is 23.6. The average molecular weight is 315 g/mol. The van der Waals surface area contributed by atoms with Gasteiger partial charge in [0.1, 0.15) is 0 Å². The molecule has 132 valence electrons. The molecule has 2 unspecified atom stereocenters. The van der Waals surface area contributed by atoms with Gasteiger partial charge in [0.2, 0.25) is 0 Å². The van der Waals surface area contributed by atoms with Crippen molar-refractivity contribution in [3.05, 3.63) is 0 Å². The van der Waals surface area contributed by atoms with E-state index in [1.807, 2.05) is 0 Å². The molecule has 3 heteroatoms. The molecule has 1 N–H and O–H groups in total. The van der Waals surface area contributed by atoms with Crippen LogP contribution in [0.4, 0.5) is 0 Å². The second-order valence-electron chi connectivity index (χ2n) is 9.20. The SMILES string of the molecule is CC(C)C1(OC(O)C(C)(CC(C)(C)C)C(C)C)CCOCC1. The minimum atomic E-state index is -0.743. The van der Waals surface area contributed by atoms with Gasteiger partial charge in [0.15, 0.2) is 6.29 Å². The number of rotatable bonds is 6.